The van der Waals surface area contributed by atoms with Crippen LogP contribution in [0.4, 0.5) is 0 Å². The van der Waals surface area contributed by atoms with Gasteiger partial charge in [-0.25, -0.2) is 13.1 Å². The van der Waals surface area contributed by atoms with Crippen molar-refractivity contribution in [1.29, 1.82) is 0 Å². The maximum atomic E-state index is 12.0. The molecule has 1 heterocycles. The average Bonchev–Trinajstić information content (AvgIpc) is 3.12. The van der Waals surface area contributed by atoms with Gasteiger partial charge in [0.15, 0.2) is 0 Å². The molecule has 7 heteroatoms. The smallest absolute Gasteiger partial charge is 0.240 e. The summed E-state index contributed by atoms with van der Waals surface area (Å²) in [6.45, 7) is 1.97. The molecule has 1 aromatic heterocycles. The van der Waals surface area contributed by atoms with E-state index in [-0.39, 0.29) is 16.8 Å². The average molecular weight is 364 g/mol. The summed E-state index contributed by atoms with van der Waals surface area (Å²) in [6.07, 6.45) is 4.18. The number of nitrogens with one attached hydrogen (secondary N) is 2. The Hall–Kier alpha value is -2.12. The molecule has 2 aromatic rings. The molecule has 1 aromatic carbocycles. The van der Waals surface area contributed by atoms with E-state index in [0.717, 1.165) is 24.2 Å². The molecule has 6 nitrogen and oxygen atoms in total. The van der Waals surface area contributed by atoms with Gasteiger partial charge in [-0.1, -0.05) is 12.1 Å². The van der Waals surface area contributed by atoms with E-state index in [1.165, 1.54) is 7.05 Å². The largest absolute Gasteiger partial charge is 0.469 e. The third-order valence-corrected chi connectivity index (χ3v) is 5.38. The number of furan rings is 1. The Kier molecular flexibility index (Phi) is 6.78. The first-order valence-electron chi connectivity index (χ1n) is 8.25. The molecule has 0 spiro atoms. The molecule has 0 saturated heterocycles. The first-order valence-corrected chi connectivity index (χ1v) is 9.73. The van der Waals surface area contributed by atoms with Crippen LogP contribution in [-0.2, 0) is 27.7 Å². The van der Waals surface area contributed by atoms with Gasteiger partial charge in [0.05, 0.1) is 11.2 Å². The van der Waals surface area contributed by atoms with Crippen molar-refractivity contribution in [3.05, 3.63) is 54.0 Å². The van der Waals surface area contributed by atoms with Crippen LogP contribution in [0, 0.1) is 0 Å². The van der Waals surface area contributed by atoms with Crippen LogP contribution in [0.2, 0.25) is 0 Å². The number of benzene rings is 1. The zero-order valence-corrected chi connectivity index (χ0v) is 15.3. The quantitative estimate of drug-likeness (QED) is 0.714. The molecular weight excluding hydrogens is 340 g/mol. The van der Waals surface area contributed by atoms with E-state index in [1.54, 1.807) is 30.5 Å². The number of carbonyl (C=O) groups is 1. The second-order valence-electron chi connectivity index (χ2n) is 5.94. The molecule has 1 unspecified atom stereocenters. The second kappa shape index (κ2) is 8.82. The summed E-state index contributed by atoms with van der Waals surface area (Å²) in [5, 5.41) is 2.97. The minimum atomic E-state index is -3.42. The Balaban J connectivity index is 1.75. The fourth-order valence-electron chi connectivity index (χ4n) is 2.44. The van der Waals surface area contributed by atoms with E-state index < -0.39 is 10.0 Å². The number of rotatable bonds is 9. The SMILES string of the molecule is CNS(=O)(=O)c1ccc(CCC(=O)NC(C)CCc2ccco2)cc1. The van der Waals surface area contributed by atoms with Gasteiger partial charge in [-0.05, 0) is 56.6 Å². The third-order valence-electron chi connectivity index (χ3n) is 3.95. The number of hydrogen-bond donors (Lipinski definition) is 2. The number of aryl methyl sites for hydroxylation is 2. The van der Waals surface area contributed by atoms with Crippen LogP contribution in [0.5, 0.6) is 0 Å². The number of sulfonamides is 1. The lowest BCUT2D eigenvalue weighted by Gasteiger charge is -2.13. The molecule has 2 rings (SSSR count). The minimum Gasteiger partial charge on any atom is -0.469 e. The van der Waals surface area contributed by atoms with Gasteiger partial charge in [-0.3, -0.25) is 4.79 Å². The molecule has 2 N–H and O–H groups in total. The first-order chi connectivity index (χ1) is 11.9. The molecule has 0 aliphatic rings. The highest BCUT2D eigenvalue weighted by Crippen LogP contribution is 2.12. The van der Waals surface area contributed by atoms with E-state index in [0.29, 0.717) is 12.8 Å². The summed E-state index contributed by atoms with van der Waals surface area (Å²) < 4.78 is 30.9. The van der Waals surface area contributed by atoms with E-state index in [1.807, 2.05) is 19.1 Å². The van der Waals surface area contributed by atoms with Gasteiger partial charge in [-0.2, -0.15) is 0 Å². The Morgan fingerprint density at radius 2 is 1.88 bits per heavy atom. The molecule has 0 bridgehead atoms. The maximum absolute atomic E-state index is 12.0. The van der Waals surface area contributed by atoms with Crippen molar-refractivity contribution in [1.82, 2.24) is 10.0 Å². The normalized spacial score (nSPS) is 12.7. The second-order valence-corrected chi connectivity index (χ2v) is 7.82. The van der Waals surface area contributed by atoms with Crippen LogP contribution in [0.1, 0.15) is 31.1 Å². The Bertz CT molecular complexity index is 768. The maximum Gasteiger partial charge on any atom is 0.240 e. The molecule has 1 atom stereocenters. The molecule has 1 amide bonds. The van der Waals surface area contributed by atoms with Gasteiger partial charge in [-0.15, -0.1) is 0 Å². The molecule has 0 saturated carbocycles. The highest BCUT2D eigenvalue weighted by molar-refractivity contribution is 7.89. The number of carbonyl (C=O) groups excluding carboxylic acids is 1. The fraction of sp³-hybridized carbons (Fsp3) is 0.389. The van der Waals surface area contributed by atoms with E-state index in [4.69, 9.17) is 4.42 Å². The molecule has 25 heavy (non-hydrogen) atoms. The minimum absolute atomic E-state index is 0.0149. The Morgan fingerprint density at radius 1 is 1.16 bits per heavy atom. The van der Waals surface area contributed by atoms with Crippen LogP contribution in [0.3, 0.4) is 0 Å². The summed E-state index contributed by atoms with van der Waals surface area (Å²) in [7, 11) is -2.05. The van der Waals surface area contributed by atoms with Crippen LogP contribution in [0.15, 0.2) is 52.0 Å². The van der Waals surface area contributed by atoms with Gasteiger partial charge >= 0.3 is 0 Å². The molecule has 0 radical (unpaired) electrons. The van der Waals surface area contributed by atoms with E-state index in [2.05, 4.69) is 10.0 Å². The van der Waals surface area contributed by atoms with Crippen molar-refractivity contribution in [2.24, 2.45) is 0 Å². The Labute approximate surface area is 148 Å². The topological polar surface area (TPSA) is 88.4 Å². The highest BCUT2D eigenvalue weighted by Gasteiger charge is 2.11. The summed E-state index contributed by atoms with van der Waals surface area (Å²) in [5.41, 5.74) is 0.924. The van der Waals surface area contributed by atoms with Gasteiger partial charge in [0.1, 0.15) is 5.76 Å². The highest BCUT2D eigenvalue weighted by atomic mass is 32.2. The zero-order valence-electron chi connectivity index (χ0n) is 14.5. The van der Waals surface area contributed by atoms with Crippen molar-refractivity contribution >= 4 is 15.9 Å². The lowest BCUT2D eigenvalue weighted by Crippen LogP contribution is -2.33. The third kappa shape index (κ3) is 6.03. The summed E-state index contributed by atoms with van der Waals surface area (Å²) >= 11 is 0. The van der Waals surface area contributed by atoms with Crippen LogP contribution in [-0.4, -0.2) is 27.4 Å². The standard InChI is InChI=1S/C18H24N2O4S/c1-14(5-9-16-4-3-13-24-16)20-18(21)12-8-15-6-10-17(11-7-15)25(22,23)19-2/h3-4,6-7,10-11,13-14,19H,5,8-9,12H2,1-2H3,(H,20,21). The lowest BCUT2D eigenvalue weighted by atomic mass is 10.1. The van der Waals surface area contributed by atoms with Crippen LogP contribution >= 0.6 is 0 Å². The van der Waals surface area contributed by atoms with Gasteiger partial charge < -0.3 is 9.73 Å². The number of hydrogen-bond acceptors (Lipinski definition) is 4. The van der Waals surface area contributed by atoms with E-state index in [9.17, 15) is 13.2 Å². The molecule has 0 aliphatic carbocycles. The van der Waals surface area contributed by atoms with Crippen molar-refractivity contribution in [3.63, 3.8) is 0 Å². The lowest BCUT2D eigenvalue weighted by molar-refractivity contribution is -0.121. The van der Waals surface area contributed by atoms with Crippen LogP contribution in [0.25, 0.3) is 0 Å². The first kappa shape index (κ1) is 19.2. The monoisotopic (exact) mass is 364 g/mol. The van der Waals surface area contributed by atoms with Crippen molar-refractivity contribution < 1.29 is 17.6 Å². The fourth-order valence-corrected chi connectivity index (χ4v) is 3.17. The molecule has 0 aliphatic heterocycles. The number of amides is 1. The van der Waals surface area contributed by atoms with E-state index >= 15 is 0 Å². The van der Waals surface area contributed by atoms with Crippen molar-refractivity contribution in [3.8, 4) is 0 Å². The predicted octanol–water partition coefficient (Wildman–Crippen LogP) is 2.26. The van der Waals surface area contributed by atoms with Crippen LogP contribution < -0.4 is 10.0 Å². The molecule has 0 fully saturated rings. The summed E-state index contributed by atoms with van der Waals surface area (Å²) in [4.78, 5) is 12.2. The molecule has 136 valence electrons. The van der Waals surface area contributed by atoms with Crippen molar-refractivity contribution in [2.45, 2.75) is 43.5 Å². The van der Waals surface area contributed by atoms with Crippen molar-refractivity contribution in [2.75, 3.05) is 7.05 Å². The molecular formula is C18H24N2O4S. The predicted molar refractivity (Wildman–Crippen MR) is 95.6 cm³/mol. The summed E-state index contributed by atoms with van der Waals surface area (Å²) in [6, 6.07) is 10.4. The zero-order chi connectivity index (χ0) is 18.3. The van der Waals surface area contributed by atoms with Gasteiger partial charge in [0, 0.05) is 18.9 Å². The Morgan fingerprint density at radius 3 is 2.48 bits per heavy atom. The summed E-state index contributed by atoms with van der Waals surface area (Å²) in [5.74, 6) is 0.900. The van der Waals surface area contributed by atoms with Gasteiger partial charge in [0.2, 0.25) is 15.9 Å². The van der Waals surface area contributed by atoms with Gasteiger partial charge in [0.25, 0.3) is 0 Å².